The van der Waals surface area contributed by atoms with Crippen molar-refractivity contribution in [1.29, 1.82) is 0 Å². The van der Waals surface area contributed by atoms with Crippen molar-refractivity contribution in [3.63, 3.8) is 0 Å². The predicted octanol–water partition coefficient (Wildman–Crippen LogP) is 3.27. The molecule has 0 radical (unpaired) electrons. The third kappa shape index (κ3) is 4.75. The Labute approximate surface area is 116 Å². The van der Waals surface area contributed by atoms with Gasteiger partial charge in [-0.1, -0.05) is 30.1 Å². The predicted molar refractivity (Wildman–Crippen MR) is 74.8 cm³/mol. The van der Waals surface area contributed by atoms with Crippen LogP contribution in [0.2, 0.25) is 8.67 Å². The lowest BCUT2D eigenvalue weighted by Crippen LogP contribution is -2.14. The molecule has 98 valence electrons. The van der Waals surface area contributed by atoms with Crippen LogP contribution >= 0.6 is 34.5 Å². The molecule has 1 rings (SSSR count). The molecule has 0 spiro atoms. The van der Waals surface area contributed by atoms with Crippen LogP contribution in [0.4, 0.5) is 0 Å². The van der Waals surface area contributed by atoms with E-state index in [9.17, 15) is 8.42 Å². The van der Waals surface area contributed by atoms with Crippen molar-refractivity contribution in [2.75, 3.05) is 11.5 Å². The Morgan fingerprint density at radius 2 is 2.12 bits per heavy atom. The van der Waals surface area contributed by atoms with Gasteiger partial charge in [-0.15, -0.1) is 11.3 Å². The maximum atomic E-state index is 11.3. The van der Waals surface area contributed by atoms with E-state index in [-0.39, 0.29) is 17.5 Å². The zero-order valence-electron chi connectivity index (χ0n) is 9.45. The molecule has 2 N–H and O–H groups in total. The van der Waals surface area contributed by atoms with E-state index in [1.54, 1.807) is 13.0 Å². The van der Waals surface area contributed by atoms with Gasteiger partial charge in [0.1, 0.15) is 9.84 Å². The van der Waals surface area contributed by atoms with Gasteiger partial charge in [-0.25, -0.2) is 8.42 Å². The average molecular weight is 316 g/mol. The van der Waals surface area contributed by atoms with E-state index in [0.29, 0.717) is 21.5 Å². The molecule has 0 amide bonds. The zero-order valence-corrected chi connectivity index (χ0v) is 12.6. The summed E-state index contributed by atoms with van der Waals surface area (Å²) in [5, 5.41) is 0. The first-order valence-electron chi connectivity index (χ1n) is 5.26. The summed E-state index contributed by atoms with van der Waals surface area (Å²) in [5.41, 5.74) is 6.75. The van der Waals surface area contributed by atoms with Crippen LogP contribution in [0, 0.1) is 0 Å². The molecule has 0 saturated heterocycles. The van der Waals surface area contributed by atoms with Gasteiger partial charge in [0.05, 0.1) is 14.4 Å². The van der Waals surface area contributed by atoms with Gasteiger partial charge in [0.15, 0.2) is 0 Å². The van der Waals surface area contributed by atoms with E-state index in [0.717, 1.165) is 5.56 Å². The minimum atomic E-state index is -2.91. The van der Waals surface area contributed by atoms with Crippen LogP contribution in [0.15, 0.2) is 6.07 Å². The molecule has 0 aliphatic heterocycles. The highest BCUT2D eigenvalue weighted by atomic mass is 35.5. The van der Waals surface area contributed by atoms with E-state index in [2.05, 4.69) is 0 Å². The van der Waals surface area contributed by atoms with Crippen molar-refractivity contribution < 1.29 is 8.42 Å². The van der Waals surface area contributed by atoms with Gasteiger partial charge in [-0.05, 0) is 24.5 Å². The quantitative estimate of drug-likeness (QED) is 0.876. The highest BCUT2D eigenvalue weighted by Crippen LogP contribution is 2.35. The van der Waals surface area contributed by atoms with Crippen LogP contribution in [-0.4, -0.2) is 19.9 Å². The normalized spacial score (nSPS) is 13.9. The summed E-state index contributed by atoms with van der Waals surface area (Å²) in [5.74, 6) is 0.347. The summed E-state index contributed by atoms with van der Waals surface area (Å²) >= 11 is 13.1. The molecule has 1 heterocycles. The average Bonchev–Trinajstić information content (AvgIpc) is 2.57. The molecule has 0 bridgehead atoms. The van der Waals surface area contributed by atoms with Crippen LogP contribution in [0.5, 0.6) is 0 Å². The van der Waals surface area contributed by atoms with Gasteiger partial charge < -0.3 is 5.73 Å². The van der Waals surface area contributed by atoms with E-state index < -0.39 is 9.84 Å². The third-order valence-electron chi connectivity index (χ3n) is 2.49. The minimum absolute atomic E-state index is 0.173. The summed E-state index contributed by atoms with van der Waals surface area (Å²) in [6.07, 6.45) is 1.13. The van der Waals surface area contributed by atoms with Crippen molar-refractivity contribution in [1.82, 2.24) is 0 Å². The molecule has 1 unspecified atom stereocenters. The Kier molecular flexibility index (Phi) is 5.73. The Bertz CT molecular complexity index is 471. The van der Waals surface area contributed by atoms with Gasteiger partial charge in [0, 0.05) is 11.8 Å². The highest BCUT2D eigenvalue weighted by molar-refractivity contribution is 7.91. The fourth-order valence-electron chi connectivity index (χ4n) is 1.43. The summed E-state index contributed by atoms with van der Waals surface area (Å²) in [4.78, 5) is 0. The molecule has 7 heteroatoms. The second kappa shape index (κ2) is 6.38. The number of nitrogens with two attached hydrogens (primary N) is 1. The summed E-state index contributed by atoms with van der Waals surface area (Å²) in [7, 11) is -2.91. The second-order valence-electron chi connectivity index (χ2n) is 3.76. The van der Waals surface area contributed by atoms with Crippen molar-refractivity contribution in [3.05, 3.63) is 20.3 Å². The molecule has 0 aliphatic carbocycles. The fourth-order valence-corrected chi connectivity index (χ4v) is 3.92. The third-order valence-corrected chi connectivity index (χ3v) is 5.80. The molecule has 1 aromatic rings. The summed E-state index contributed by atoms with van der Waals surface area (Å²) in [6.45, 7) is 1.64. The first-order valence-corrected chi connectivity index (χ1v) is 8.66. The lowest BCUT2D eigenvalue weighted by molar-refractivity contribution is 0.584. The number of hydrogen-bond acceptors (Lipinski definition) is 4. The van der Waals surface area contributed by atoms with Crippen LogP contribution in [0.3, 0.4) is 0 Å². The van der Waals surface area contributed by atoms with Gasteiger partial charge in [0.25, 0.3) is 0 Å². The van der Waals surface area contributed by atoms with Crippen LogP contribution in [-0.2, 0) is 9.84 Å². The van der Waals surface area contributed by atoms with E-state index in [1.165, 1.54) is 11.3 Å². The van der Waals surface area contributed by atoms with Gasteiger partial charge in [-0.3, -0.25) is 0 Å². The monoisotopic (exact) mass is 315 g/mol. The molecule has 1 aromatic heterocycles. The molecule has 3 nitrogen and oxygen atoms in total. The Morgan fingerprint density at radius 3 is 2.59 bits per heavy atom. The first-order chi connectivity index (χ1) is 7.85. The number of rotatable bonds is 6. The van der Waals surface area contributed by atoms with Crippen molar-refractivity contribution in [3.8, 4) is 0 Å². The smallest absolute Gasteiger partial charge is 0.150 e. The molecule has 0 saturated carbocycles. The molecular weight excluding hydrogens is 301 g/mol. The zero-order chi connectivity index (χ0) is 13.1. The molecule has 1 atom stereocenters. The number of thiophene rings is 1. The van der Waals surface area contributed by atoms with E-state index in [1.807, 2.05) is 0 Å². The molecular formula is C10H15Cl2NO2S2. The van der Waals surface area contributed by atoms with Gasteiger partial charge in [0.2, 0.25) is 0 Å². The van der Waals surface area contributed by atoms with Crippen LogP contribution in [0.1, 0.15) is 31.4 Å². The Balaban J connectivity index is 2.51. The topological polar surface area (TPSA) is 60.2 Å². The lowest BCUT2D eigenvalue weighted by Gasteiger charge is -2.10. The number of halogens is 2. The molecule has 0 aromatic carbocycles. The van der Waals surface area contributed by atoms with Crippen molar-refractivity contribution >= 4 is 44.4 Å². The maximum Gasteiger partial charge on any atom is 0.150 e. The van der Waals surface area contributed by atoms with Gasteiger partial charge in [-0.2, -0.15) is 0 Å². The van der Waals surface area contributed by atoms with Crippen LogP contribution in [0.25, 0.3) is 0 Å². The number of sulfone groups is 1. The summed E-state index contributed by atoms with van der Waals surface area (Å²) < 4.78 is 23.8. The molecule has 0 aliphatic rings. The fraction of sp³-hybridized carbons (Fsp3) is 0.600. The van der Waals surface area contributed by atoms with Gasteiger partial charge >= 0.3 is 0 Å². The molecule has 0 fully saturated rings. The lowest BCUT2D eigenvalue weighted by atomic mass is 10.1. The first kappa shape index (κ1) is 15.2. The van der Waals surface area contributed by atoms with Crippen molar-refractivity contribution in [2.24, 2.45) is 5.73 Å². The SMILES string of the molecule is CCS(=O)(=O)CCCC(N)c1cc(Cl)sc1Cl. The minimum Gasteiger partial charge on any atom is -0.324 e. The van der Waals surface area contributed by atoms with E-state index >= 15 is 0 Å². The standard InChI is InChI=1S/C10H15Cl2NO2S2/c1-2-17(14,15)5-3-4-8(13)7-6-9(11)16-10(7)12/h6,8H,2-5,13H2,1H3. The highest BCUT2D eigenvalue weighted by Gasteiger charge is 2.15. The summed E-state index contributed by atoms with van der Waals surface area (Å²) in [6, 6.07) is 1.49. The molecule has 17 heavy (non-hydrogen) atoms. The maximum absolute atomic E-state index is 11.3. The number of hydrogen-bond donors (Lipinski definition) is 1. The van der Waals surface area contributed by atoms with E-state index in [4.69, 9.17) is 28.9 Å². The second-order valence-corrected chi connectivity index (χ2v) is 8.52. The van der Waals surface area contributed by atoms with Crippen LogP contribution < -0.4 is 5.73 Å². The largest absolute Gasteiger partial charge is 0.324 e. The van der Waals surface area contributed by atoms with Crippen molar-refractivity contribution in [2.45, 2.75) is 25.8 Å². The Morgan fingerprint density at radius 1 is 1.47 bits per heavy atom. The Hall–Kier alpha value is 0.190.